The van der Waals surface area contributed by atoms with Gasteiger partial charge in [-0.25, -0.2) is 0 Å². The van der Waals surface area contributed by atoms with Crippen LogP contribution in [0.2, 0.25) is 0 Å². The average Bonchev–Trinajstić information content (AvgIpc) is 2.22. The summed E-state index contributed by atoms with van der Waals surface area (Å²) in [5.74, 6) is -0.269. The van der Waals surface area contributed by atoms with Crippen LogP contribution in [-0.4, -0.2) is 12.6 Å². The van der Waals surface area contributed by atoms with E-state index in [1.807, 2.05) is 6.92 Å². The molecule has 0 unspecified atom stereocenters. The molecule has 0 bridgehead atoms. The first kappa shape index (κ1) is 11.4. The summed E-state index contributed by atoms with van der Waals surface area (Å²) in [4.78, 5) is 11.3. The number of para-hydroxylation sites is 1. The summed E-state index contributed by atoms with van der Waals surface area (Å²) in [6, 6.07) is 5.25. The van der Waals surface area contributed by atoms with E-state index in [0.29, 0.717) is 18.0 Å². The summed E-state index contributed by atoms with van der Waals surface area (Å²) in [5.41, 5.74) is 13.0. The second-order valence-electron chi connectivity index (χ2n) is 3.32. The number of anilines is 2. The number of rotatable bonds is 4. The third-order valence-electron chi connectivity index (χ3n) is 2.03. The molecule has 0 saturated carbocycles. The quantitative estimate of drug-likeness (QED) is 0.578. The van der Waals surface area contributed by atoms with E-state index in [0.717, 1.165) is 12.0 Å². The zero-order valence-corrected chi connectivity index (χ0v) is 8.82. The van der Waals surface area contributed by atoms with Gasteiger partial charge in [-0.15, -0.1) is 0 Å². The smallest absolute Gasteiger partial charge is 0.310 e. The van der Waals surface area contributed by atoms with Crippen molar-refractivity contribution < 1.29 is 9.53 Å². The summed E-state index contributed by atoms with van der Waals surface area (Å²) in [5, 5.41) is 0. The Bertz CT molecular complexity index is 350. The number of nitrogens with two attached hydrogens (primary N) is 2. The molecule has 4 N–H and O–H groups in total. The summed E-state index contributed by atoms with van der Waals surface area (Å²) in [7, 11) is 0. The van der Waals surface area contributed by atoms with Gasteiger partial charge in [-0.2, -0.15) is 0 Å². The van der Waals surface area contributed by atoms with E-state index in [9.17, 15) is 4.79 Å². The Kier molecular flexibility index (Phi) is 3.97. The van der Waals surface area contributed by atoms with E-state index < -0.39 is 0 Å². The van der Waals surface area contributed by atoms with E-state index in [4.69, 9.17) is 16.2 Å². The van der Waals surface area contributed by atoms with Gasteiger partial charge in [-0.05, 0) is 18.1 Å². The number of nitrogen functional groups attached to an aromatic ring is 2. The number of ether oxygens (including phenoxy) is 1. The van der Waals surface area contributed by atoms with Crippen LogP contribution < -0.4 is 11.5 Å². The van der Waals surface area contributed by atoms with Gasteiger partial charge in [0, 0.05) is 0 Å². The molecule has 0 amide bonds. The molecule has 4 heteroatoms. The van der Waals surface area contributed by atoms with E-state index in [-0.39, 0.29) is 12.4 Å². The van der Waals surface area contributed by atoms with Crippen molar-refractivity contribution >= 4 is 17.3 Å². The lowest BCUT2D eigenvalue weighted by Crippen LogP contribution is -2.10. The Hall–Kier alpha value is -1.71. The molecule has 1 aromatic rings. The van der Waals surface area contributed by atoms with Crippen LogP contribution in [0.15, 0.2) is 18.2 Å². The van der Waals surface area contributed by atoms with Crippen LogP contribution in [-0.2, 0) is 16.0 Å². The predicted molar refractivity (Wildman–Crippen MR) is 60.2 cm³/mol. The highest BCUT2D eigenvalue weighted by Gasteiger charge is 2.08. The first-order valence-corrected chi connectivity index (χ1v) is 4.93. The van der Waals surface area contributed by atoms with Crippen molar-refractivity contribution in [1.82, 2.24) is 0 Å². The Balaban J connectivity index is 2.64. The molecule has 0 saturated heterocycles. The van der Waals surface area contributed by atoms with Gasteiger partial charge in [-0.3, -0.25) is 4.79 Å². The Morgan fingerprint density at radius 1 is 1.40 bits per heavy atom. The standard InChI is InChI=1S/C11H16N2O2/c1-2-6-15-10(14)7-8-4-3-5-9(12)11(8)13/h3-5H,2,6-7,12-13H2,1H3. The van der Waals surface area contributed by atoms with Crippen molar-refractivity contribution in [2.24, 2.45) is 0 Å². The van der Waals surface area contributed by atoms with Crippen molar-refractivity contribution in [3.8, 4) is 0 Å². The average molecular weight is 208 g/mol. The molecule has 0 aliphatic carbocycles. The third kappa shape index (κ3) is 3.16. The first-order valence-electron chi connectivity index (χ1n) is 4.93. The molecular weight excluding hydrogens is 192 g/mol. The normalized spacial score (nSPS) is 9.93. The molecule has 4 nitrogen and oxygen atoms in total. The van der Waals surface area contributed by atoms with Gasteiger partial charge in [0.25, 0.3) is 0 Å². The van der Waals surface area contributed by atoms with E-state index in [2.05, 4.69) is 0 Å². The fourth-order valence-corrected chi connectivity index (χ4v) is 1.21. The minimum Gasteiger partial charge on any atom is -0.465 e. The first-order chi connectivity index (χ1) is 7.15. The highest BCUT2D eigenvalue weighted by molar-refractivity contribution is 5.78. The molecule has 0 radical (unpaired) electrons. The van der Waals surface area contributed by atoms with Crippen LogP contribution in [0.25, 0.3) is 0 Å². The minimum absolute atomic E-state index is 0.177. The molecule has 0 heterocycles. The van der Waals surface area contributed by atoms with Gasteiger partial charge >= 0.3 is 5.97 Å². The number of carbonyl (C=O) groups is 1. The summed E-state index contributed by atoms with van der Waals surface area (Å²) < 4.78 is 4.95. The molecule has 1 rings (SSSR count). The number of benzene rings is 1. The largest absolute Gasteiger partial charge is 0.465 e. The van der Waals surface area contributed by atoms with Crippen molar-refractivity contribution in [3.63, 3.8) is 0 Å². The molecule has 0 spiro atoms. The Morgan fingerprint density at radius 3 is 2.80 bits per heavy atom. The number of hydrogen-bond donors (Lipinski definition) is 2. The van der Waals surface area contributed by atoms with Gasteiger partial charge in [-0.1, -0.05) is 19.1 Å². The molecule has 0 fully saturated rings. The number of carbonyl (C=O) groups excluding carboxylic acids is 1. The zero-order valence-electron chi connectivity index (χ0n) is 8.82. The maximum absolute atomic E-state index is 11.3. The zero-order chi connectivity index (χ0) is 11.3. The maximum Gasteiger partial charge on any atom is 0.310 e. The van der Waals surface area contributed by atoms with Crippen LogP contribution in [0.4, 0.5) is 11.4 Å². The third-order valence-corrected chi connectivity index (χ3v) is 2.03. The van der Waals surface area contributed by atoms with E-state index in [1.54, 1.807) is 18.2 Å². The van der Waals surface area contributed by atoms with Gasteiger partial charge in [0.1, 0.15) is 0 Å². The Labute approximate surface area is 89.2 Å². The van der Waals surface area contributed by atoms with Gasteiger partial charge in [0.15, 0.2) is 0 Å². The van der Waals surface area contributed by atoms with Crippen molar-refractivity contribution in [3.05, 3.63) is 23.8 Å². The van der Waals surface area contributed by atoms with Crippen molar-refractivity contribution in [1.29, 1.82) is 0 Å². The molecular formula is C11H16N2O2. The lowest BCUT2D eigenvalue weighted by Gasteiger charge is -2.07. The van der Waals surface area contributed by atoms with Crippen LogP contribution in [0, 0.1) is 0 Å². The second kappa shape index (κ2) is 5.24. The van der Waals surface area contributed by atoms with Crippen LogP contribution in [0.1, 0.15) is 18.9 Å². The SMILES string of the molecule is CCCOC(=O)Cc1cccc(N)c1N. The molecule has 0 aliphatic heterocycles. The fourth-order valence-electron chi connectivity index (χ4n) is 1.21. The van der Waals surface area contributed by atoms with Gasteiger partial charge < -0.3 is 16.2 Å². The molecule has 0 aliphatic rings. The summed E-state index contributed by atoms with van der Waals surface area (Å²) >= 11 is 0. The van der Waals surface area contributed by atoms with Crippen LogP contribution in [0.3, 0.4) is 0 Å². The molecule has 0 aromatic heterocycles. The monoisotopic (exact) mass is 208 g/mol. The highest BCUT2D eigenvalue weighted by Crippen LogP contribution is 2.19. The Morgan fingerprint density at radius 2 is 2.13 bits per heavy atom. The molecule has 0 atom stereocenters. The molecule has 15 heavy (non-hydrogen) atoms. The summed E-state index contributed by atoms with van der Waals surface area (Å²) in [6.07, 6.45) is 0.995. The van der Waals surface area contributed by atoms with Crippen molar-refractivity contribution in [2.45, 2.75) is 19.8 Å². The number of hydrogen-bond acceptors (Lipinski definition) is 4. The van der Waals surface area contributed by atoms with Gasteiger partial charge in [0.2, 0.25) is 0 Å². The molecule has 82 valence electrons. The van der Waals surface area contributed by atoms with Crippen molar-refractivity contribution in [2.75, 3.05) is 18.1 Å². The number of esters is 1. The predicted octanol–water partition coefficient (Wildman–Crippen LogP) is 1.35. The highest BCUT2D eigenvalue weighted by atomic mass is 16.5. The van der Waals surface area contributed by atoms with Crippen LogP contribution >= 0.6 is 0 Å². The second-order valence-corrected chi connectivity index (χ2v) is 3.32. The fraction of sp³-hybridized carbons (Fsp3) is 0.364. The lowest BCUT2D eigenvalue weighted by atomic mass is 10.1. The summed E-state index contributed by atoms with van der Waals surface area (Å²) in [6.45, 7) is 2.39. The van der Waals surface area contributed by atoms with Gasteiger partial charge in [0.05, 0.1) is 24.4 Å². The van der Waals surface area contributed by atoms with E-state index >= 15 is 0 Å². The van der Waals surface area contributed by atoms with E-state index in [1.165, 1.54) is 0 Å². The molecule has 1 aromatic carbocycles. The topological polar surface area (TPSA) is 78.3 Å². The lowest BCUT2D eigenvalue weighted by molar-refractivity contribution is -0.142. The maximum atomic E-state index is 11.3. The van der Waals surface area contributed by atoms with Crippen LogP contribution in [0.5, 0.6) is 0 Å². The minimum atomic E-state index is -0.269.